The van der Waals surface area contributed by atoms with Crippen LogP contribution in [-0.2, 0) is 16.3 Å². The summed E-state index contributed by atoms with van der Waals surface area (Å²) >= 11 is 0.317. The maximum Gasteiger partial charge on any atom is -1.00 e. The van der Waals surface area contributed by atoms with E-state index >= 15 is 0 Å². The summed E-state index contributed by atoms with van der Waals surface area (Å²) in [5.41, 5.74) is 1.55. The summed E-state index contributed by atoms with van der Waals surface area (Å²) in [7, 11) is 0.192. The van der Waals surface area contributed by atoms with E-state index in [-0.39, 0.29) is 45.1 Å². The van der Waals surface area contributed by atoms with Gasteiger partial charge in [0.2, 0.25) is 0 Å². The van der Waals surface area contributed by atoms with Gasteiger partial charge < -0.3 is 37.2 Å². The van der Waals surface area contributed by atoms with E-state index in [4.69, 9.17) is 0 Å². The third-order valence-electron chi connectivity index (χ3n) is 2.80. The number of benzene rings is 1. The molecule has 20 heavy (non-hydrogen) atoms. The molecule has 1 aliphatic carbocycles. The standard InChI is InChI=1S/C10H14P.C5H5.3ClH.V/c1-11(2)9-8-10-6-4-3-5-7-10;1-2-4-5-3-1;;;;/h3-8H,9H2,1-2H3;1-3H,4H2;3*1H;/q;;;;;+3/p-3. The first kappa shape index (κ1) is 22.9. The SMILES string of the molecule is CP(C)C[CH]([V+3][C]1=CC=CC1)c1ccccc1.[Cl-].[Cl-].[Cl-]. The number of rotatable bonds is 5. The van der Waals surface area contributed by atoms with E-state index in [0.717, 1.165) is 4.63 Å². The summed E-state index contributed by atoms with van der Waals surface area (Å²) in [6.07, 6.45) is 9.43. The molecule has 0 bridgehead atoms. The van der Waals surface area contributed by atoms with Crippen LogP contribution in [0.2, 0.25) is 0 Å². The molecule has 0 aromatic heterocycles. The Balaban J connectivity index is 0. The molecule has 0 fully saturated rings. The predicted octanol–water partition coefficient (Wildman–Crippen LogP) is -4.59. The topological polar surface area (TPSA) is 0 Å². The van der Waals surface area contributed by atoms with Crippen LogP contribution < -0.4 is 37.2 Å². The van der Waals surface area contributed by atoms with E-state index in [0.29, 0.717) is 16.3 Å². The molecule has 1 unspecified atom stereocenters. The summed E-state index contributed by atoms with van der Waals surface area (Å²) in [6, 6.07) is 11.1. The number of hydrogen-bond acceptors (Lipinski definition) is 0. The number of halogens is 3. The normalized spacial score (nSPS) is 13.4. The average Bonchev–Trinajstić information content (AvgIpc) is 2.82. The number of allylic oxidation sites excluding steroid dienone is 4. The quantitative estimate of drug-likeness (QED) is 0.446. The van der Waals surface area contributed by atoms with Crippen LogP contribution in [0.15, 0.2) is 52.8 Å². The van der Waals surface area contributed by atoms with E-state index in [9.17, 15) is 0 Å². The van der Waals surface area contributed by atoms with Gasteiger partial charge in [-0.15, -0.1) is 0 Å². The zero-order chi connectivity index (χ0) is 12.1. The third-order valence-corrected chi connectivity index (χ3v) is 6.62. The second kappa shape index (κ2) is 12.2. The Hall–Kier alpha value is 0.584. The average molecular weight is 388 g/mol. The molecule has 0 nitrogen and oxygen atoms in total. The van der Waals surface area contributed by atoms with Crippen molar-refractivity contribution in [1.82, 2.24) is 0 Å². The molecule has 0 aliphatic heterocycles. The Bertz CT molecular complexity index is 418. The second-order valence-electron chi connectivity index (χ2n) is 4.61. The van der Waals surface area contributed by atoms with Crippen LogP contribution in [-0.4, -0.2) is 19.5 Å². The minimum Gasteiger partial charge on any atom is -1.00 e. The molecular weight excluding hydrogens is 368 g/mol. The number of hydrogen-bond donors (Lipinski definition) is 0. The molecule has 0 saturated heterocycles. The minimum atomic E-state index is 0. The van der Waals surface area contributed by atoms with Crippen LogP contribution in [0.25, 0.3) is 0 Å². The monoisotopic (exact) mass is 386 g/mol. The van der Waals surface area contributed by atoms with Gasteiger partial charge in [0.05, 0.1) is 0 Å². The van der Waals surface area contributed by atoms with Crippen LogP contribution in [0.1, 0.15) is 16.6 Å². The van der Waals surface area contributed by atoms with Crippen molar-refractivity contribution < 1.29 is 53.5 Å². The molecule has 1 aromatic carbocycles. The Morgan fingerprint density at radius 2 is 1.75 bits per heavy atom. The van der Waals surface area contributed by atoms with Gasteiger partial charge in [0.25, 0.3) is 0 Å². The Morgan fingerprint density at radius 1 is 1.10 bits per heavy atom. The van der Waals surface area contributed by atoms with Crippen molar-refractivity contribution in [2.75, 3.05) is 19.5 Å². The molecule has 0 saturated carbocycles. The largest absolute Gasteiger partial charge is 1.00 e. The van der Waals surface area contributed by atoms with Crippen LogP contribution in [0.5, 0.6) is 0 Å². The van der Waals surface area contributed by atoms with E-state index < -0.39 is 0 Å². The van der Waals surface area contributed by atoms with Crippen molar-refractivity contribution in [3.8, 4) is 0 Å². The molecule has 0 heterocycles. The van der Waals surface area contributed by atoms with Crippen LogP contribution in [0.3, 0.4) is 0 Å². The zero-order valence-corrected chi connectivity index (χ0v) is 16.2. The molecule has 0 amide bonds. The maximum atomic E-state index is 2.40. The van der Waals surface area contributed by atoms with Crippen LogP contribution in [0.4, 0.5) is 0 Å². The molecule has 0 spiro atoms. The van der Waals surface area contributed by atoms with Gasteiger partial charge in [-0.05, 0) is 0 Å². The molecule has 5 heteroatoms. The summed E-state index contributed by atoms with van der Waals surface area (Å²) in [4.78, 5) is 0. The van der Waals surface area contributed by atoms with Gasteiger partial charge in [-0.1, -0.05) is 0 Å². The van der Waals surface area contributed by atoms with Crippen molar-refractivity contribution in [3.63, 3.8) is 0 Å². The summed E-state index contributed by atoms with van der Waals surface area (Å²) in [5, 5.41) is 0. The van der Waals surface area contributed by atoms with Crippen LogP contribution in [0, 0.1) is 0 Å². The molecule has 110 valence electrons. The first-order chi connectivity index (χ1) is 8.25. The van der Waals surface area contributed by atoms with Crippen molar-refractivity contribution in [1.29, 1.82) is 0 Å². The first-order valence-electron chi connectivity index (χ1n) is 6.02. The summed E-state index contributed by atoms with van der Waals surface area (Å²) in [6.45, 7) is 4.79. The maximum absolute atomic E-state index is 2.40. The third kappa shape index (κ3) is 7.55. The van der Waals surface area contributed by atoms with Gasteiger partial charge >= 0.3 is 113 Å². The molecule has 1 aromatic rings. The van der Waals surface area contributed by atoms with Gasteiger partial charge in [-0.3, -0.25) is 0 Å². The molecule has 0 N–H and O–H groups in total. The summed E-state index contributed by atoms with van der Waals surface area (Å²) < 4.78 is 2.49. The van der Waals surface area contributed by atoms with Crippen molar-refractivity contribution in [2.24, 2.45) is 0 Å². The molecular formula is C15H19Cl3PV. The minimum absolute atomic E-state index is 0. The zero-order valence-electron chi connectivity index (χ0n) is 11.6. The van der Waals surface area contributed by atoms with Gasteiger partial charge in [-0.2, -0.15) is 0 Å². The van der Waals surface area contributed by atoms with E-state index in [1.54, 1.807) is 9.85 Å². The Morgan fingerprint density at radius 3 is 2.25 bits per heavy atom. The summed E-state index contributed by atoms with van der Waals surface area (Å²) in [5.74, 6) is 0. The van der Waals surface area contributed by atoms with E-state index in [1.165, 1.54) is 12.6 Å². The Labute approximate surface area is 149 Å². The van der Waals surface area contributed by atoms with Gasteiger partial charge in [0.15, 0.2) is 0 Å². The van der Waals surface area contributed by atoms with E-state index in [1.807, 2.05) is 0 Å². The van der Waals surface area contributed by atoms with Gasteiger partial charge in [0, 0.05) is 0 Å². The van der Waals surface area contributed by atoms with Crippen LogP contribution >= 0.6 is 7.92 Å². The fourth-order valence-corrected chi connectivity index (χ4v) is 6.60. The van der Waals surface area contributed by atoms with E-state index in [2.05, 4.69) is 61.9 Å². The van der Waals surface area contributed by atoms with Crippen molar-refractivity contribution in [2.45, 2.75) is 11.1 Å². The fourth-order valence-electron chi connectivity index (χ4n) is 1.97. The smallest absolute Gasteiger partial charge is 1.00 e. The molecule has 1 aliphatic rings. The van der Waals surface area contributed by atoms with Gasteiger partial charge in [0.1, 0.15) is 0 Å². The van der Waals surface area contributed by atoms with Crippen molar-refractivity contribution in [3.05, 3.63) is 58.4 Å². The second-order valence-corrected chi connectivity index (χ2v) is 9.41. The first-order valence-corrected chi connectivity index (χ1v) is 9.94. The fraction of sp³-hybridized carbons (Fsp3) is 0.333. The van der Waals surface area contributed by atoms with Gasteiger partial charge in [-0.25, -0.2) is 0 Å². The molecule has 1 atom stereocenters. The molecule has 0 radical (unpaired) electrons. The van der Waals surface area contributed by atoms with Crippen molar-refractivity contribution >= 4 is 7.92 Å². The Kier molecular flexibility index (Phi) is 13.9. The molecule has 2 rings (SSSR count). The predicted molar refractivity (Wildman–Crippen MR) is 74.7 cm³/mol.